The lowest BCUT2D eigenvalue weighted by atomic mass is 10.3. The lowest BCUT2D eigenvalue weighted by Crippen LogP contribution is -2.41. The first kappa shape index (κ1) is 18.4. The number of sulfonamides is 1. The molecule has 0 aliphatic heterocycles. The summed E-state index contributed by atoms with van der Waals surface area (Å²) in [6, 6.07) is 6.77. The highest BCUT2D eigenvalue weighted by Gasteiger charge is 2.23. The number of para-hydroxylation sites is 2. The molecule has 0 saturated heterocycles. The zero-order valence-electron chi connectivity index (χ0n) is 13.7. The minimum atomic E-state index is -3.44. The van der Waals surface area contributed by atoms with E-state index in [0.717, 1.165) is 10.6 Å². The van der Waals surface area contributed by atoms with Crippen LogP contribution in [-0.2, 0) is 14.8 Å². The van der Waals surface area contributed by atoms with Gasteiger partial charge in [0.15, 0.2) is 0 Å². The second-order valence-corrected chi connectivity index (χ2v) is 7.55. The fourth-order valence-corrected chi connectivity index (χ4v) is 3.06. The van der Waals surface area contributed by atoms with Gasteiger partial charge >= 0.3 is 0 Å². The number of nitrogens with zero attached hydrogens (tertiary/aromatic N) is 1. The van der Waals surface area contributed by atoms with E-state index in [4.69, 9.17) is 4.74 Å². The third kappa shape index (κ3) is 5.65. The van der Waals surface area contributed by atoms with Gasteiger partial charge in [-0.25, -0.2) is 8.42 Å². The molecule has 1 aromatic carbocycles. The molecular weight excluding hydrogens is 304 g/mol. The Bertz CT molecular complexity index is 612. The van der Waals surface area contributed by atoms with E-state index in [1.807, 2.05) is 19.9 Å². The van der Waals surface area contributed by atoms with Crippen molar-refractivity contribution in [1.82, 2.24) is 4.31 Å². The van der Waals surface area contributed by atoms with Crippen molar-refractivity contribution in [2.75, 3.05) is 18.1 Å². The van der Waals surface area contributed by atoms with Crippen LogP contribution in [0, 0.1) is 0 Å². The number of carbonyl (C=O) groups is 1. The minimum Gasteiger partial charge on any atom is -0.489 e. The molecule has 0 aromatic heterocycles. The maximum absolute atomic E-state index is 12.1. The lowest BCUT2D eigenvalue weighted by Gasteiger charge is -2.23. The Kier molecular flexibility index (Phi) is 6.37. The number of benzene rings is 1. The number of rotatable bonds is 7. The molecule has 6 nitrogen and oxygen atoms in total. The molecule has 124 valence electrons. The number of anilines is 1. The minimum absolute atomic E-state index is 0.0266. The van der Waals surface area contributed by atoms with Crippen LogP contribution in [0.5, 0.6) is 5.75 Å². The molecule has 0 unspecified atom stereocenters. The first-order chi connectivity index (χ1) is 10.1. The van der Waals surface area contributed by atoms with E-state index in [0.29, 0.717) is 11.4 Å². The van der Waals surface area contributed by atoms with Gasteiger partial charge in [0.05, 0.1) is 24.6 Å². The largest absolute Gasteiger partial charge is 0.489 e. The fraction of sp³-hybridized carbons (Fsp3) is 0.533. The van der Waals surface area contributed by atoms with Crippen molar-refractivity contribution < 1.29 is 17.9 Å². The molecule has 0 atom stereocenters. The Morgan fingerprint density at radius 1 is 1.23 bits per heavy atom. The molecule has 0 spiro atoms. The van der Waals surface area contributed by atoms with Gasteiger partial charge < -0.3 is 10.1 Å². The summed E-state index contributed by atoms with van der Waals surface area (Å²) in [6.45, 7) is 7.01. The second-order valence-electron chi connectivity index (χ2n) is 5.61. The Hall–Kier alpha value is -1.60. The van der Waals surface area contributed by atoms with Gasteiger partial charge in [0, 0.05) is 6.04 Å². The molecule has 0 radical (unpaired) electrons. The zero-order chi connectivity index (χ0) is 16.9. The number of amides is 1. The quantitative estimate of drug-likeness (QED) is 0.831. The first-order valence-corrected chi connectivity index (χ1v) is 8.98. The van der Waals surface area contributed by atoms with Gasteiger partial charge in [0.25, 0.3) is 0 Å². The molecule has 22 heavy (non-hydrogen) atoms. The number of hydrogen-bond acceptors (Lipinski definition) is 4. The molecule has 1 aromatic rings. The summed E-state index contributed by atoms with van der Waals surface area (Å²) in [5.41, 5.74) is 0.526. The Balaban J connectivity index is 2.85. The topological polar surface area (TPSA) is 75.7 Å². The SMILES string of the molecule is CC(C)Oc1ccccc1NC(=O)CN(C(C)C)S(C)(=O)=O. The number of hydrogen-bond donors (Lipinski definition) is 1. The maximum atomic E-state index is 12.1. The van der Waals surface area contributed by atoms with Crippen LogP contribution < -0.4 is 10.1 Å². The molecule has 7 heteroatoms. The Morgan fingerprint density at radius 3 is 2.32 bits per heavy atom. The van der Waals surface area contributed by atoms with Crippen LogP contribution in [0.15, 0.2) is 24.3 Å². The normalized spacial score (nSPS) is 12.0. The molecular formula is C15H24N2O4S. The molecule has 1 N–H and O–H groups in total. The van der Waals surface area contributed by atoms with E-state index in [9.17, 15) is 13.2 Å². The van der Waals surface area contributed by atoms with Crippen LogP contribution in [0.25, 0.3) is 0 Å². The van der Waals surface area contributed by atoms with E-state index in [-0.39, 0.29) is 18.7 Å². The zero-order valence-corrected chi connectivity index (χ0v) is 14.5. The maximum Gasteiger partial charge on any atom is 0.239 e. The van der Waals surface area contributed by atoms with Crippen molar-refractivity contribution in [3.8, 4) is 5.75 Å². The van der Waals surface area contributed by atoms with E-state index in [2.05, 4.69) is 5.32 Å². The summed E-state index contributed by atoms with van der Waals surface area (Å²) in [4.78, 5) is 12.1. The highest BCUT2D eigenvalue weighted by Crippen LogP contribution is 2.24. The third-order valence-corrected chi connectivity index (χ3v) is 4.23. The van der Waals surface area contributed by atoms with Crippen LogP contribution in [0.3, 0.4) is 0 Å². The summed E-state index contributed by atoms with van der Waals surface area (Å²) in [5.74, 6) is 0.153. The number of carbonyl (C=O) groups excluding carboxylic acids is 1. The molecule has 0 aliphatic carbocycles. The van der Waals surface area contributed by atoms with Gasteiger partial charge in [0.2, 0.25) is 15.9 Å². The van der Waals surface area contributed by atoms with Crippen LogP contribution in [-0.4, -0.2) is 43.6 Å². The average Bonchev–Trinajstić information content (AvgIpc) is 2.36. The van der Waals surface area contributed by atoms with Crippen LogP contribution >= 0.6 is 0 Å². The highest BCUT2D eigenvalue weighted by atomic mass is 32.2. The fourth-order valence-electron chi connectivity index (χ4n) is 1.94. The summed E-state index contributed by atoms with van der Waals surface area (Å²) in [5, 5.41) is 2.70. The van der Waals surface area contributed by atoms with Gasteiger partial charge in [-0.1, -0.05) is 12.1 Å². The van der Waals surface area contributed by atoms with E-state index >= 15 is 0 Å². The summed E-state index contributed by atoms with van der Waals surface area (Å²) in [6.07, 6.45) is 1.07. The van der Waals surface area contributed by atoms with E-state index < -0.39 is 15.9 Å². The predicted octanol–water partition coefficient (Wildman–Crippen LogP) is 2.08. The molecule has 0 fully saturated rings. The van der Waals surface area contributed by atoms with E-state index in [1.54, 1.807) is 32.0 Å². The monoisotopic (exact) mass is 328 g/mol. The predicted molar refractivity (Wildman–Crippen MR) is 87.5 cm³/mol. The highest BCUT2D eigenvalue weighted by molar-refractivity contribution is 7.88. The van der Waals surface area contributed by atoms with Crippen LogP contribution in [0.1, 0.15) is 27.7 Å². The van der Waals surface area contributed by atoms with Gasteiger partial charge in [-0.3, -0.25) is 4.79 Å². The van der Waals surface area contributed by atoms with Crippen molar-refractivity contribution in [2.24, 2.45) is 0 Å². The van der Waals surface area contributed by atoms with Crippen molar-refractivity contribution in [2.45, 2.75) is 39.8 Å². The molecule has 0 heterocycles. The average molecular weight is 328 g/mol. The molecule has 1 rings (SSSR count). The summed E-state index contributed by atoms with van der Waals surface area (Å²) >= 11 is 0. The third-order valence-electron chi connectivity index (χ3n) is 2.83. The van der Waals surface area contributed by atoms with Gasteiger partial charge in [-0.05, 0) is 39.8 Å². The van der Waals surface area contributed by atoms with Crippen LogP contribution in [0.2, 0.25) is 0 Å². The van der Waals surface area contributed by atoms with Gasteiger partial charge in [0.1, 0.15) is 5.75 Å². The lowest BCUT2D eigenvalue weighted by molar-refractivity contribution is -0.116. The summed E-state index contributed by atoms with van der Waals surface area (Å²) < 4.78 is 30.2. The number of ether oxygens (including phenoxy) is 1. The Morgan fingerprint density at radius 2 is 1.82 bits per heavy atom. The van der Waals surface area contributed by atoms with Crippen molar-refractivity contribution in [1.29, 1.82) is 0 Å². The van der Waals surface area contributed by atoms with E-state index in [1.165, 1.54) is 0 Å². The van der Waals surface area contributed by atoms with Crippen LogP contribution in [0.4, 0.5) is 5.69 Å². The van der Waals surface area contributed by atoms with Crippen molar-refractivity contribution >= 4 is 21.6 Å². The van der Waals surface area contributed by atoms with Gasteiger partial charge in [-0.2, -0.15) is 4.31 Å². The van der Waals surface area contributed by atoms with Crippen molar-refractivity contribution in [3.05, 3.63) is 24.3 Å². The Labute approximate surface area is 132 Å². The smallest absolute Gasteiger partial charge is 0.239 e. The molecule has 0 aliphatic rings. The van der Waals surface area contributed by atoms with Crippen molar-refractivity contribution in [3.63, 3.8) is 0 Å². The second kappa shape index (κ2) is 7.60. The molecule has 0 saturated carbocycles. The first-order valence-electron chi connectivity index (χ1n) is 7.13. The standard InChI is InChI=1S/C15H24N2O4S/c1-11(2)17(22(5,19)20)10-15(18)16-13-8-6-7-9-14(13)21-12(3)4/h6-9,11-12H,10H2,1-5H3,(H,16,18). The molecule has 1 amide bonds. The number of nitrogens with one attached hydrogen (secondary N) is 1. The summed E-state index contributed by atoms with van der Waals surface area (Å²) in [7, 11) is -3.44. The molecule has 0 bridgehead atoms. The van der Waals surface area contributed by atoms with Gasteiger partial charge in [-0.15, -0.1) is 0 Å².